The minimum atomic E-state index is -4.61. The average Bonchev–Trinajstić information content (AvgIpc) is 2.93. The third-order valence-corrected chi connectivity index (χ3v) is 6.20. The van der Waals surface area contributed by atoms with Gasteiger partial charge in [-0.25, -0.2) is 9.78 Å². The summed E-state index contributed by atoms with van der Waals surface area (Å²) in [5.41, 5.74) is -0.253. The molecular formula is C27H33F3N6O4. The topological polar surface area (TPSA) is 111 Å². The number of pyridine rings is 2. The van der Waals surface area contributed by atoms with E-state index in [1.54, 1.807) is 23.6 Å². The Morgan fingerprint density at radius 3 is 2.27 bits per heavy atom. The minimum Gasteiger partial charge on any atom is -0.383 e. The Hall–Kier alpha value is -4.00. The van der Waals surface area contributed by atoms with Crippen LogP contribution in [0.25, 0.3) is 0 Å². The number of halogens is 3. The molecule has 3 aromatic heterocycles. The van der Waals surface area contributed by atoms with Gasteiger partial charge in [-0.3, -0.25) is 28.6 Å². The van der Waals surface area contributed by atoms with Gasteiger partial charge in [0.05, 0.1) is 18.7 Å². The first-order chi connectivity index (χ1) is 19.0. The minimum absolute atomic E-state index is 0.0299. The van der Waals surface area contributed by atoms with Crippen molar-refractivity contribution in [3.05, 3.63) is 80.0 Å². The van der Waals surface area contributed by atoms with Crippen LogP contribution in [-0.4, -0.2) is 45.3 Å². The fraction of sp³-hybridized carbons (Fsp3) is 0.444. The summed E-state index contributed by atoms with van der Waals surface area (Å²) >= 11 is 0. The number of carbonyl (C=O) groups excluding carboxylic acids is 1. The monoisotopic (exact) mass is 562 g/mol. The molecule has 216 valence electrons. The highest BCUT2D eigenvalue weighted by Crippen LogP contribution is 2.27. The Labute approximate surface area is 229 Å². The van der Waals surface area contributed by atoms with Gasteiger partial charge in [0.2, 0.25) is 0 Å². The van der Waals surface area contributed by atoms with Crippen molar-refractivity contribution in [2.45, 2.75) is 59.4 Å². The molecule has 0 spiro atoms. The highest BCUT2D eigenvalue weighted by Gasteiger charge is 2.32. The number of nitrogens with zero attached hydrogens (tertiary/aromatic N) is 5. The lowest BCUT2D eigenvalue weighted by molar-refractivity contribution is -0.141. The zero-order chi connectivity index (χ0) is 29.4. The fourth-order valence-electron chi connectivity index (χ4n) is 4.13. The number of aromatic nitrogens is 4. The predicted molar refractivity (Wildman–Crippen MR) is 145 cm³/mol. The normalized spacial score (nSPS) is 11.5. The van der Waals surface area contributed by atoms with Gasteiger partial charge in [0.15, 0.2) is 0 Å². The number of anilines is 2. The first-order valence-electron chi connectivity index (χ1n) is 12.9. The number of carbonyl (C=O) groups is 1. The van der Waals surface area contributed by atoms with Crippen molar-refractivity contribution in [1.29, 1.82) is 0 Å². The van der Waals surface area contributed by atoms with Crippen LogP contribution in [0.4, 0.5) is 24.7 Å². The van der Waals surface area contributed by atoms with E-state index < -0.39 is 17.8 Å². The van der Waals surface area contributed by atoms with E-state index in [1.807, 2.05) is 13.8 Å². The molecule has 3 aromatic rings. The molecule has 10 nitrogen and oxygen atoms in total. The summed E-state index contributed by atoms with van der Waals surface area (Å²) in [5, 5.41) is 3.14. The molecule has 0 aliphatic rings. The van der Waals surface area contributed by atoms with Crippen LogP contribution in [0.3, 0.4) is 0 Å². The molecule has 1 N–H and O–H groups in total. The summed E-state index contributed by atoms with van der Waals surface area (Å²) in [6, 6.07) is 5.14. The molecule has 0 unspecified atom stereocenters. The van der Waals surface area contributed by atoms with Crippen LogP contribution in [0.1, 0.15) is 54.0 Å². The number of hydrogen-bond donors (Lipinski definition) is 1. The van der Waals surface area contributed by atoms with Crippen LogP contribution in [0.2, 0.25) is 0 Å². The molecule has 40 heavy (non-hydrogen) atoms. The Bertz CT molecular complexity index is 1420. The number of alkyl halides is 3. The van der Waals surface area contributed by atoms with Gasteiger partial charge < -0.3 is 10.1 Å². The smallest absolute Gasteiger partial charge is 0.383 e. The van der Waals surface area contributed by atoms with E-state index in [2.05, 4.69) is 15.3 Å². The van der Waals surface area contributed by atoms with E-state index in [0.717, 1.165) is 24.8 Å². The standard InChI is InChI=1S/C27H33F3N6O4/c1-5-11-34-18(3)23(25(38)36(12-6-2)26(34)39)33-16-19-7-10-22(32-15-19)35(13-14-40-4)24(37)20-8-9-21(31-17-20)27(28,29)30/h7-10,15,17,33H,5-6,11-14,16H2,1-4H3. The SMILES string of the molecule is CCCn1c(C)c(NCc2ccc(N(CCOC)C(=O)c3ccc(C(F)(F)F)nc3)nc2)c(=O)n(CCC)c1=O. The molecule has 13 heteroatoms. The maximum Gasteiger partial charge on any atom is 0.433 e. The molecule has 0 saturated heterocycles. The molecule has 0 bridgehead atoms. The Kier molecular flexibility index (Phi) is 10.2. The Balaban J connectivity index is 1.84. The van der Waals surface area contributed by atoms with Crippen molar-refractivity contribution < 1.29 is 22.7 Å². The molecule has 0 radical (unpaired) electrons. The van der Waals surface area contributed by atoms with Crippen molar-refractivity contribution >= 4 is 17.4 Å². The summed E-state index contributed by atoms with van der Waals surface area (Å²) < 4.78 is 46.5. The van der Waals surface area contributed by atoms with E-state index in [9.17, 15) is 27.6 Å². The zero-order valence-corrected chi connectivity index (χ0v) is 22.9. The van der Waals surface area contributed by atoms with Gasteiger partial charge in [-0.1, -0.05) is 19.9 Å². The molecule has 0 aliphatic heterocycles. The summed E-state index contributed by atoms with van der Waals surface area (Å²) in [5.74, 6) is -0.314. The Morgan fingerprint density at radius 1 is 1.02 bits per heavy atom. The second-order valence-electron chi connectivity index (χ2n) is 9.11. The van der Waals surface area contributed by atoms with Crippen LogP contribution in [-0.2, 0) is 30.5 Å². The lowest BCUT2D eigenvalue weighted by atomic mass is 10.2. The first-order valence-corrected chi connectivity index (χ1v) is 12.9. The summed E-state index contributed by atoms with van der Waals surface area (Å²) in [6.45, 7) is 6.88. The first kappa shape index (κ1) is 30.5. The molecule has 1 amide bonds. The van der Waals surface area contributed by atoms with Crippen molar-refractivity contribution in [1.82, 2.24) is 19.1 Å². The molecule has 0 saturated carbocycles. The van der Waals surface area contributed by atoms with Crippen LogP contribution < -0.4 is 21.5 Å². The van der Waals surface area contributed by atoms with E-state index >= 15 is 0 Å². The van der Waals surface area contributed by atoms with Gasteiger partial charge in [-0.15, -0.1) is 0 Å². The van der Waals surface area contributed by atoms with Gasteiger partial charge in [0.1, 0.15) is 17.2 Å². The number of nitrogens with one attached hydrogen (secondary N) is 1. The third-order valence-electron chi connectivity index (χ3n) is 6.20. The maximum atomic E-state index is 13.1. The van der Waals surface area contributed by atoms with Gasteiger partial charge in [0.25, 0.3) is 11.5 Å². The van der Waals surface area contributed by atoms with Gasteiger partial charge in [-0.2, -0.15) is 13.2 Å². The third kappa shape index (κ3) is 6.95. The van der Waals surface area contributed by atoms with Crippen molar-refractivity contribution in [3.63, 3.8) is 0 Å². The summed E-state index contributed by atoms with van der Waals surface area (Å²) in [6.07, 6.45) is -0.832. The summed E-state index contributed by atoms with van der Waals surface area (Å²) in [7, 11) is 1.46. The molecule has 3 rings (SSSR count). The quantitative estimate of drug-likeness (QED) is 0.357. The number of amides is 1. The summed E-state index contributed by atoms with van der Waals surface area (Å²) in [4.78, 5) is 48.0. The molecule has 0 aliphatic carbocycles. The molecule has 0 atom stereocenters. The van der Waals surface area contributed by atoms with E-state index in [1.165, 1.54) is 22.8 Å². The number of methoxy groups -OCH3 is 1. The van der Waals surface area contributed by atoms with Gasteiger partial charge in [0, 0.05) is 44.8 Å². The van der Waals surface area contributed by atoms with E-state index in [-0.39, 0.29) is 42.3 Å². The van der Waals surface area contributed by atoms with Gasteiger partial charge >= 0.3 is 11.9 Å². The Morgan fingerprint density at radius 2 is 1.73 bits per heavy atom. The molecular weight excluding hydrogens is 529 g/mol. The zero-order valence-electron chi connectivity index (χ0n) is 22.9. The number of ether oxygens (including phenoxy) is 1. The highest BCUT2D eigenvalue weighted by atomic mass is 19.4. The second kappa shape index (κ2) is 13.4. The van der Waals surface area contributed by atoms with Crippen molar-refractivity contribution in [2.75, 3.05) is 30.5 Å². The second-order valence-corrected chi connectivity index (χ2v) is 9.11. The fourth-order valence-corrected chi connectivity index (χ4v) is 4.13. The van der Waals surface area contributed by atoms with E-state index in [4.69, 9.17) is 4.74 Å². The largest absolute Gasteiger partial charge is 0.433 e. The number of hydrogen-bond acceptors (Lipinski definition) is 7. The van der Waals surface area contributed by atoms with Crippen LogP contribution in [0, 0.1) is 6.92 Å². The molecule has 3 heterocycles. The van der Waals surface area contributed by atoms with Crippen LogP contribution in [0.15, 0.2) is 46.2 Å². The van der Waals surface area contributed by atoms with Crippen LogP contribution >= 0.6 is 0 Å². The lowest BCUT2D eigenvalue weighted by Gasteiger charge is -2.22. The predicted octanol–water partition coefficient (Wildman–Crippen LogP) is 3.85. The van der Waals surface area contributed by atoms with Gasteiger partial charge in [-0.05, 0) is 43.5 Å². The van der Waals surface area contributed by atoms with Crippen molar-refractivity contribution in [3.8, 4) is 0 Å². The van der Waals surface area contributed by atoms with E-state index in [0.29, 0.717) is 36.5 Å². The average molecular weight is 563 g/mol. The maximum absolute atomic E-state index is 13.1. The highest BCUT2D eigenvalue weighted by molar-refractivity contribution is 6.05. The van der Waals surface area contributed by atoms with Crippen molar-refractivity contribution in [2.24, 2.45) is 0 Å². The molecule has 0 aromatic carbocycles. The lowest BCUT2D eigenvalue weighted by Crippen LogP contribution is -2.42. The molecule has 0 fully saturated rings. The number of rotatable bonds is 12. The van der Waals surface area contributed by atoms with Crippen LogP contribution in [0.5, 0.6) is 0 Å².